The normalized spacial score (nSPS) is 18.3. The molecule has 5 heteroatoms. The van der Waals surface area contributed by atoms with E-state index in [-0.39, 0.29) is 6.10 Å². The summed E-state index contributed by atoms with van der Waals surface area (Å²) >= 11 is 0. The van der Waals surface area contributed by atoms with Crippen molar-refractivity contribution in [2.75, 3.05) is 23.7 Å². The second-order valence-electron chi connectivity index (χ2n) is 5.21. The van der Waals surface area contributed by atoms with Gasteiger partial charge in [0.1, 0.15) is 0 Å². The van der Waals surface area contributed by atoms with Crippen molar-refractivity contribution >= 4 is 17.3 Å². The minimum Gasteiger partial charge on any atom is -0.399 e. The fourth-order valence-corrected chi connectivity index (χ4v) is 2.65. The minimum absolute atomic E-state index is 0.274. The van der Waals surface area contributed by atoms with E-state index in [4.69, 9.17) is 11.5 Å². The summed E-state index contributed by atoms with van der Waals surface area (Å²) in [7, 11) is 0. The summed E-state index contributed by atoms with van der Waals surface area (Å²) in [6.07, 6.45) is 1.56. The van der Waals surface area contributed by atoms with Gasteiger partial charge in [0, 0.05) is 24.5 Å². The summed E-state index contributed by atoms with van der Waals surface area (Å²) in [5.41, 5.74) is 12.9. The highest BCUT2D eigenvalue weighted by atomic mass is 16.3. The number of aliphatic hydroxyl groups is 1. The van der Waals surface area contributed by atoms with E-state index in [2.05, 4.69) is 4.90 Å². The zero-order valence-electron chi connectivity index (χ0n) is 11.2. The average molecular weight is 263 g/mol. The average Bonchev–Trinajstić information content (AvgIpc) is 2.38. The monoisotopic (exact) mass is 263 g/mol. The molecule has 0 aliphatic carbocycles. The van der Waals surface area contributed by atoms with Gasteiger partial charge in [-0.15, -0.1) is 0 Å². The number of piperidine rings is 1. The Labute approximate surface area is 113 Å². The Balaban J connectivity index is 2.17. The van der Waals surface area contributed by atoms with Crippen LogP contribution in [0.4, 0.5) is 11.4 Å². The van der Waals surface area contributed by atoms with Crippen LogP contribution in [-0.4, -0.2) is 30.2 Å². The maximum atomic E-state index is 11.5. The summed E-state index contributed by atoms with van der Waals surface area (Å²) < 4.78 is 0. The number of aliphatic hydroxyl groups excluding tert-OH is 1. The molecule has 1 unspecified atom stereocenters. The molecule has 1 amide bonds. The Morgan fingerprint density at radius 2 is 2.05 bits per heavy atom. The van der Waals surface area contributed by atoms with Gasteiger partial charge in [-0.1, -0.05) is 0 Å². The molecule has 1 aromatic rings. The number of hydrogen-bond acceptors (Lipinski definition) is 4. The third-order valence-electron chi connectivity index (χ3n) is 3.85. The van der Waals surface area contributed by atoms with Gasteiger partial charge in [0.2, 0.25) is 0 Å². The van der Waals surface area contributed by atoms with Gasteiger partial charge >= 0.3 is 0 Å². The van der Waals surface area contributed by atoms with E-state index >= 15 is 0 Å². The highest BCUT2D eigenvalue weighted by molar-refractivity contribution is 5.99. The Morgan fingerprint density at radius 1 is 1.42 bits per heavy atom. The van der Waals surface area contributed by atoms with E-state index < -0.39 is 5.91 Å². The maximum Gasteiger partial charge on any atom is 0.250 e. The topological polar surface area (TPSA) is 92.6 Å². The number of benzene rings is 1. The first kappa shape index (κ1) is 13.7. The number of primary amides is 1. The van der Waals surface area contributed by atoms with Crippen molar-refractivity contribution in [2.45, 2.75) is 25.9 Å². The number of carbonyl (C=O) groups excluding carboxylic acids is 1. The number of hydrogen-bond donors (Lipinski definition) is 3. The molecule has 1 aliphatic heterocycles. The van der Waals surface area contributed by atoms with E-state index in [0.29, 0.717) is 17.2 Å². The summed E-state index contributed by atoms with van der Waals surface area (Å²) in [4.78, 5) is 13.6. The van der Waals surface area contributed by atoms with Gasteiger partial charge in [-0.25, -0.2) is 0 Å². The van der Waals surface area contributed by atoms with Gasteiger partial charge in [0.15, 0.2) is 0 Å². The van der Waals surface area contributed by atoms with Crippen molar-refractivity contribution in [1.82, 2.24) is 0 Å². The molecule has 0 spiro atoms. The van der Waals surface area contributed by atoms with Gasteiger partial charge < -0.3 is 21.5 Å². The molecule has 1 fully saturated rings. The third-order valence-corrected chi connectivity index (χ3v) is 3.85. The lowest BCUT2D eigenvalue weighted by Gasteiger charge is -2.35. The van der Waals surface area contributed by atoms with Gasteiger partial charge in [-0.3, -0.25) is 4.79 Å². The lowest BCUT2D eigenvalue weighted by molar-refractivity contribution is 0.0998. The lowest BCUT2D eigenvalue weighted by atomic mass is 9.91. The number of nitrogens with zero attached hydrogens (tertiary/aromatic N) is 1. The van der Waals surface area contributed by atoms with Gasteiger partial charge in [0.25, 0.3) is 5.91 Å². The molecule has 0 radical (unpaired) electrons. The Bertz CT molecular complexity index is 466. The fraction of sp³-hybridized carbons (Fsp3) is 0.500. The molecule has 2 rings (SSSR count). The minimum atomic E-state index is -0.458. The van der Waals surface area contributed by atoms with Crippen LogP contribution in [0.3, 0.4) is 0 Å². The second kappa shape index (κ2) is 5.48. The predicted octanol–water partition coefficient (Wildman–Crippen LogP) is 0.965. The van der Waals surface area contributed by atoms with Crippen LogP contribution < -0.4 is 16.4 Å². The number of rotatable bonds is 3. The molecule has 19 heavy (non-hydrogen) atoms. The largest absolute Gasteiger partial charge is 0.399 e. The van der Waals surface area contributed by atoms with E-state index in [1.54, 1.807) is 12.1 Å². The summed E-state index contributed by atoms with van der Waals surface area (Å²) in [5.74, 6) is -0.123. The fourth-order valence-electron chi connectivity index (χ4n) is 2.65. The van der Waals surface area contributed by atoms with Crippen LogP contribution in [0.25, 0.3) is 0 Å². The summed E-state index contributed by atoms with van der Waals surface area (Å²) in [6.45, 7) is 3.47. The first-order chi connectivity index (χ1) is 8.99. The van der Waals surface area contributed by atoms with Crippen molar-refractivity contribution in [2.24, 2.45) is 11.7 Å². The highest BCUT2D eigenvalue weighted by Gasteiger charge is 2.24. The molecule has 0 saturated carbocycles. The van der Waals surface area contributed by atoms with Crippen molar-refractivity contribution in [3.8, 4) is 0 Å². The first-order valence-corrected chi connectivity index (χ1v) is 6.61. The molecular weight excluding hydrogens is 242 g/mol. The molecule has 5 nitrogen and oxygen atoms in total. The van der Waals surface area contributed by atoms with Crippen LogP contribution in [0.15, 0.2) is 18.2 Å². The molecule has 1 aromatic carbocycles. The van der Waals surface area contributed by atoms with Crippen LogP contribution in [-0.2, 0) is 0 Å². The van der Waals surface area contributed by atoms with Crippen LogP contribution in [0.1, 0.15) is 30.1 Å². The van der Waals surface area contributed by atoms with E-state index in [1.165, 1.54) is 0 Å². The quantitative estimate of drug-likeness (QED) is 0.708. The molecule has 1 saturated heterocycles. The molecule has 1 aliphatic rings. The molecule has 0 aromatic heterocycles. The molecule has 0 bridgehead atoms. The standard InChI is InChI=1S/C14H21N3O2/c1-9(18)10-4-6-17(7-5-10)13-3-2-11(15)8-12(13)14(16)19/h2-3,8-10,18H,4-7,15H2,1H3,(H2,16,19). The van der Waals surface area contributed by atoms with Gasteiger partial charge in [-0.05, 0) is 43.9 Å². The maximum absolute atomic E-state index is 11.5. The number of carbonyl (C=O) groups is 1. The molecule has 5 N–H and O–H groups in total. The molecular formula is C14H21N3O2. The van der Waals surface area contributed by atoms with Crippen LogP contribution >= 0.6 is 0 Å². The molecule has 1 atom stereocenters. The Hall–Kier alpha value is -1.75. The van der Waals surface area contributed by atoms with Crippen molar-refractivity contribution < 1.29 is 9.90 Å². The predicted molar refractivity (Wildman–Crippen MR) is 76.0 cm³/mol. The SMILES string of the molecule is CC(O)C1CCN(c2ccc(N)cc2C(N)=O)CC1. The van der Waals surface area contributed by atoms with Crippen LogP contribution in [0.2, 0.25) is 0 Å². The number of nitrogen functional groups attached to an aromatic ring is 1. The van der Waals surface area contributed by atoms with Crippen molar-refractivity contribution in [3.05, 3.63) is 23.8 Å². The van der Waals surface area contributed by atoms with E-state index in [0.717, 1.165) is 31.6 Å². The van der Waals surface area contributed by atoms with Gasteiger partial charge in [0.05, 0.1) is 11.7 Å². The van der Waals surface area contributed by atoms with E-state index in [1.807, 2.05) is 13.0 Å². The number of anilines is 2. The summed E-state index contributed by atoms with van der Waals surface area (Å²) in [5, 5.41) is 9.60. The zero-order valence-corrected chi connectivity index (χ0v) is 11.2. The van der Waals surface area contributed by atoms with Crippen LogP contribution in [0, 0.1) is 5.92 Å². The number of amides is 1. The number of nitrogens with two attached hydrogens (primary N) is 2. The van der Waals surface area contributed by atoms with E-state index in [9.17, 15) is 9.90 Å². The van der Waals surface area contributed by atoms with Gasteiger partial charge in [-0.2, -0.15) is 0 Å². The second-order valence-corrected chi connectivity index (χ2v) is 5.21. The lowest BCUT2D eigenvalue weighted by Crippen LogP contribution is -2.38. The molecule has 1 heterocycles. The van der Waals surface area contributed by atoms with Crippen molar-refractivity contribution in [1.29, 1.82) is 0 Å². The third kappa shape index (κ3) is 2.98. The Kier molecular flexibility index (Phi) is 3.95. The van der Waals surface area contributed by atoms with Crippen molar-refractivity contribution in [3.63, 3.8) is 0 Å². The first-order valence-electron chi connectivity index (χ1n) is 6.61. The van der Waals surface area contributed by atoms with Crippen LogP contribution in [0.5, 0.6) is 0 Å². The smallest absolute Gasteiger partial charge is 0.250 e. The molecule has 104 valence electrons. The zero-order chi connectivity index (χ0) is 14.0. The Morgan fingerprint density at radius 3 is 2.58 bits per heavy atom. The highest BCUT2D eigenvalue weighted by Crippen LogP contribution is 2.28. The summed E-state index contributed by atoms with van der Waals surface area (Å²) in [6, 6.07) is 5.25.